The first-order valence-electron chi connectivity index (χ1n) is 12.6. The number of aromatic nitrogens is 2. The lowest BCUT2D eigenvalue weighted by Gasteiger charge is -2.25. The van der Waals surface area contributed by atoms with E-state index in [2.05, 4.69) is 4.98 Å². The summed E-state index contributed by atoms with van der Waals surface area (Å²) in [5.41, 5.74) is -0.804. The minimum absolute atomic E-state index is 0.201. The van der Waals surface area contributed by atoms with Gasteiger partial charge in [0.05, 0.1) is 16.7 Å². The third-order valence-corrected chi connectivity index (χ3v) is 6.30. The quantitative estimate of drug-likeness (QED) is 0.256. The smallest absolute Gasteiger partial charge is 0.338 e. The predicted molar refractivity (Wildman–Crippen MR) is 143 cm³/mol. The molecule has 0 radical (unpaired) electrons. The average Bonchev–Trinajstić information content (AvgIpc) is 3.33. The molecule has 4 atom stereocenters. The molecule has 1 aliphatic heterocycles. The molecule has 1 fully saturated rings. The molecule has 0 spiro atoms. The van der Waals surface area contributed by atoms with Crippen molar-refractivity contribution in [2.45, 2.75) is 24.5 Å². The van der Waals surface area contributed by atoms with E-state index in [0.29, 0.717) is 0 Å². The summed E-state index contributed by atoms with van der Waals surface area (Å²) in [5, 5.41) is 0. The number of carbonyl (C=O) groups is 3. The van der Waals surface area contributed by atoms with E-state index in [1.807, 2.05) is 0 Å². The first-order valence-corrected chi connectivity index (χ1v) is 12.6. The largest absolute Gasteiger partial charge is 0.459 e. The third kappa shape index (κ3) is 6.31. The number of benzene rings is 3. The van der Waals surface area contributed by atoms with Crippen LogP contribution in [0.5, 0.6) is 0 Å². The van der Waals surface area contributed by atoms with Crippen LogP contribution in [0.4, 0.5) is 0 Å². The van der Waals surface area contributed by atoms with Gasteiger partial charge in [-0.25, -0.2) is 19.2 Å². The van der Waals surface area contributed by atoms with Crippen LogP contribution < -0.4 is 11.2 Å². The fourth-order valence-electron chi connectivity index (χ4n) is 4.31. The Balaban J connectivity index is 1.50. The zero-order valence-electron chi connectivity index (χ0n) is 21.5. The minimum atomic E-state index is -1.38. The number of esters is 3. The van der Waals surface area contributed by atoms with Gasteiger partial charge in [0.1, 0.15) is 12.7 Å². The number of aromatic amines is 1. The predicted octanol–water partition coefficient (Wildman–Crippen LogP) is 2.74. The van der Waals surface area contributed by atoms with E-state index in [-0.39, 0.29) is 16.7 Å². The summed E-state index contributed by atoms with van der Waals surface area (Å²) in [4.78, 5) is 65.5. The number of nitrogens with zero attached hydrogens (tertiary/aromatic N) is 1. The van der Waals surface area contributed by atoms with Crippen LogP contribution in [-0.2, 0) is 18.9 Å². The highest BCUT2D eigenvalue weighted by atomic mass is 16.7. The Labute approximate surface area is 232 Å². The zero-order chi connectivity index (χ0) is 28.8. The molecule has 5 rings (SSSR count). The number of H-pyrrole nitrogens is 1. The standard InChI is InChI=1S/C30H24N2O9/c33-23-16-17-32(30(37)31-23)26-25(41-29(36)21-14-8-3-9-15-21)24(40-28(35)20-12-6-2-7-13-20)22(39-26)18-38-27(34)19-10-4-1-5-11-19/h1-17,22,24-26H,18H2,(H,31,33,37)/t22-,24-,25-,26-/m0/s1. The topological polar surface area (TPSA) is 143 Å². The normalized spacial score (nSPS) is 19.7. The molecule has 4 aromatic rings. The summed E-state index contributed by atoms with van der Waals surface area (Å²) >= 11 is 0. The van der Waals surface area contributed by atoms with Gasteiger partial charge >= 0.3 is 23.6 Å². The highest BCUT2D eigenvalue weighted by Crippen LogP contribution is 2.34. The van der Waals surface area contributed by atoms with Crippen LogP contribution in [0.1, 0.15) is 37.3 Å². The summed E-state index contributed by atoms with van der Waals surface area (Å²) in [6, 6.07) is 25.5. The van der Waals surface area contributed by atoms with Crippen molar-refractivity contribution in [3.8, 4) is 0 Å². The van der Waals surface area contributed by atoms with E-state index >= 15 is 0 Å². The molecular formula is C30H24N2O9. The number of carbonyl (C=O) groups excluding carboxylic acids is 3. The second-order valence-electron chi connectivity index (χ2n) is 9.02. The van der Waals surface area contributed by atoms with Crippen LogP contribution in [0, 0.1) is 0 Å². The highest BCUT2D eigenvalue weighted by molar-refractivity contribution is 5.91. The van der Waals surface area contributed by atoms with Crippen molar-refractivity contribution in [2.75, 3.05) is 6.61 Å². The summed E-state index contributed by atoms with van der Waals surface area (Å²) in [7, 11) is 0. The van der Waals surface area contributed by atoms with Crippen molar-refractivity contribution >= 4 is 17.9 Å². The second-order valence-corrected chi connectivity index (χ2v) is 9.02. The SMILES string of the molecule is O=C(OC[C@@H]1O[C@H](n2ccc(=O)[nH]c2=O)[C@@H](OC(=O)c2ccccc2)[C@H]1OC(=O)c1ccccc1)c1ccccc1. The first-order chi connectivity index (χ1) is 19.9. The second kappa shape index (κ2) is 12.3. The average molecular weight is 557 g/mol. The van der Waals surface area contributed by atoms with Crippen molar-refractivity contribution < 1.29 is 33.3 Å². The summed E-state index contributed by atoms with van der Waals surface area (Å²) < 4.78 is 24.1. The first kappa shape index (κ1) is 27.3. The van der Waals surface area contributed by atoms with Crippen LogP contribution in [0.2, 0.25) is 0 Å². The van der Waals surface area contributed by atoms with Crippen LogP contribution >= 0.6 is 0 Å². The van der Waals surface area contributed by atoms with Gasteiger partial charge < -0.3 is 18.9 Å². The molecule has 0 amide bonds. The maximum absolute atomic E-state index is 13.1. The molecule has 1 N–H and O–H groups in total. The van der Waals surface area contributed by atoms with E-state index in [0.717, 1.165) is 10.6 Å². The molecule has 11 heteroatoms. The Bertz CT molecular complexity index is 1640. The number of ether oxygens (including phenoxy) is 4. The summed E-state index contributed by atoms with van der Waals surface area (Å²) in [5.74, 6) is -2.19. The Hall–Kier alpha value is -5.29. The Morgan fingerprint density at radius 3 is 1.68 bits per heavy atom. The lowest BCUT2D eigenvalue weighted by atomic mass is 10.1. The van der Waals surface area contributed by atoms with Gasteiger partial charge in [-0.05, 0) is 36.4 Å². The molecule has 41 heavy (non-hydrogen) atoms. The molecule has 0 bridgehead atoms. The van der Waals surface area contributed by atoms with E-state index in [1.54, 1.807) is 66.7 Å². The van der Waals surface area contributed by atoms with Gasteiger partial charge in [-0.3, -0.25) is 14.3 Å². The molecule has 1 aliphatic rings. The lowest BCUT2D eigenvalue weighted by molar-refractivity contribution is -0.0640. The van der Waals surface area contributed by atoms with Crippen molar-refractivity contribution in [1.82, 2.24) is 9.55 Å². The molecule has 1 saturated heterocycles. The Morgan fingerprint density at radius 1 is 0.683 bits per heavy atom. The monoisotopic (exact) mass is 556 g/mol. The van der Waals surface area contributed by atoms with E-state index < -0.39 is 60.3 Å². The van der Waals surface area contributed by atoms with Crippen molar-refractivity contribution in [1.29, 1.82) is 0 Å². The zero-order valence-corrected chi connectivity index (χ0v) is 21.5. The third-order valence-electron chi connectivity index (χ3n) is 6.30. The molecule has 2 heterocycles. The lowest BCUT2D eigenvalue weighted by Crippen LogP contribution is -2.43. The van der Waals surface area contributed by atoms with Gasteiger partial charge in [0, 0.05) is 12.3 Å². The van der Waals surface area contributed by atoms with Gasteiger partial charge in [0.2, 0.25) is 0 Å². The number of hydrogen-bond donors (Lipinski definition) is 1. The molecular weight excluding hydrogens is 532 g/mol. The van der Waals surface area contributed by atoms with E-state index in [4.69, 9.17) is 18.9 Å². The van der Waals surface area contributed by atoms with Crippen molar-refractivity contribution in [3.63, 3.8) is 0 Å². The molecule has 208 valence electrons. The van der Waals surface area contributed by atoms with Gasteiger partial charge in [-0.2, -0.15) is 0 Å². The Kier molecular flexibility index (Phi) is 8.16. The van der Waals surface area contributed by atoms with E-state index in [9.17, 15) is 24.0 Å². The molecule has 0 aliphatic carbocycles. The number of rotatable bonds is 8. The molecule has 11 nitrogen and oxygen atoms in total. The van der Waals surface area contributed by atoms with Crippen LogP contribution in [0.3, 0.4) is 0 Å². The highest BCUT2D eigenvalue weighted by Gasteiger charge is 2.51. The van der Waals surface area contributed by atoms with Crippen LogP contribution in [-0.4, -0.2) is 52.4 Å². The minimum Gasteiger partial charge on any atom is -0.459 e. The number of nitrogens with one attached hydrogen (secondary N) is 1. The van der Waals surface area contributed by atoms with E-state index in [1.165, 1.54) is 30.5 Å². The van der Waals surface area contributed by atoms with Gasteiger partial charge in [-0.15, -0.1) is 0 Å². The molecule has 0 saturated carbocycles. The van der Waals surface area contributed by atoms with Crippen molar-refractivity contribution in [3.05, 3.63) is 141 Å². The molecule has 0 unspecified atom stereocenters. The summed E-state index contributed by atoms with van der Waals surface area (Å²) in [6.45, 7) is -0.408. The summed E-state index contributed by atoms with van der Waals surface area (Å²) in [6.07, 6.45) is -4.03. The van der Waals surface area contributed by atoms with Crippen molar-refractivity contribution in [2.24, 2.45) is 0 Å². The van der Waals surface area contributed by atoms with Gasteiger partial charge in [-0.1, -0.05) is 54.6 Å². The van der Waals surface area contributed by atoms with Gasteiger partial charge in [0.15, 0.2) is 18.4 Å². The molecule has 1 aromatic heterocycles. The fraction of sp³-hybridized carbons (Fsp3) is 0.167. The maximum Gasteiger partial charge on any atom is 0.338 e. The Morgan fingerprint density at radius 2 is 1.17 bits per heavy atom. The van der Waals surface area contributed by atoms with Crippen LogP contribution in [0.15, 0.2) is 113 Å². The van der Waals surface area contributed by atoms with Crippen LogP contribution in [0.25, 0.3) is 0 Å². The fourth-order valence-corrected chi connectivity index (χ4v) is 4.31. The molecule has 3 aromatic carbocycles. The number of hydrogen-bond acceptors (Lipinski definition) is 9. The maximum atomic E-state index is 13.1. The van der Waals surface area contributed by atoms with Gasteiger partial charge in [0.25, 0.3) is 5.56 Å².